The highest BCUT2D eigenvalue weighted by Gasteiger charge is 2.38. The van der Waals surface area contributed by atoms with Crippen molar-refractivity contribution in [1.29, 1.82) is 0 Å². The molecule has 1 heterocycles. The summed E-state index contributed by atoms with van der Waals surface area (Å²) in [5.41, 5.74) is 6.12. The lowest BCUT2D eigenvalue weighted by Crippen LogP contribution is -2.21. The van der Waals surface area contributed by atoms with Crippen molar-refractivity contribution in [3.63, 3.8) is 0 Å². The van der Waals surface area contributed by atoms with Crippen LogP contribution >= 0.6 is 11.3 Å². The molecule has 0 atom stereocenters. The minimum Gasteiger partial charge on any atom is -0.508 e. The van der Waals surface area contributed by atoms with Crippen LogP contribution in [0.5, 0.6) is 5.75 Å². The van der Waals surface area contributed by atoms with Gasteiger partial charge in [-0.3, -0.25) is 4.79 Å². The molecule has 0 saturated heterocycles. The lowest BCUT2D eigenvalue weighted by atomic mass is 10.1. The molecule has 4 rings (SSSR count). The van der Waals surface area contributed by atoms with Crippen LogP contribution in [0.15, 0.2) is 36.4 Å². The molecular weight excluding hydrogens is 519 g/mol. The number of phenols is 1. The molecule has 0 aliphatic heterocycles. The minimum absolute atomic E-state index is 0.0991. The number of amides is 1. The van der Waals surface area contributed by atoms with Gasteiger partial charge in [-0.15, -0.1) is 0 Å². The number of carboxylic acids is 1. The number of alkyl halides is 3. The fraction of sp³-hybridized carbons (Fsp3) is 0.370. The molecule has 1 saturated carbocycles. The van der Waals surface area contributed by atoms with Crippen LogP contribution in [-0.4, -0.2) is 33.2 Å². The van der Waals surface area contributed by atoms with Gasteiger partial charge in [-0.1, -0.05) is 54.0 Å². The third kappa shape index (κ3) is 7.70. The van der Waals surface area contributed by atoms with Crippen LogP contribution < -0.4 is 10.6 Å². The number of halogens is 3. The third-order valence-corrected chi connectivity index (χ3v) is 7.32. The lowest BCUT2D eigenvalue weighted by Gasteiger charge is -2.13. The number of hydrogen-bond donors (Lipinski definition) is 4. The Balaban J connectivity index is 0.000000505. The number of aryl methyl sites for hydroxylation is 3. The summed E-state index contributed by atoms with van der Waals surface area (Å²) in [5.74, 6) is -2.23. The first kappa shape index (κ1) is 29.0. The van der Waals surface area contributed by atoms with Crippen molar-refractivity contribution in [1.82, 2.24) is 4.98 Å². The monoisotopic (exact) mass is 549 g/mol. The smallest absolute Gasteiger partial charge is 0.490 e. The Kier molecular flexibility index (Phi) is 9.37. The Morgan fingerprint density at radius 3 is 2.37 bits per heavy atom. The molecule has 11 heteroatoms. The van der Waals surface area contributed by atoms with Gasteiger partial charge in [0.25, 0.3) is 0 Å². The molecule has 2 aromatic carbocycles. The number of hydrogen-bond acceptors (Lipinski definition) is 6. The van der Waals surface area contributed by atoms with E-state index in [-0.39, 0.29) is 11.8 Å². The van der Waals surface area contributed by atoms with Gasteiger partial charge in [0.1, 0.15) is 5.75 Å². The molecule has 1 aromatic heterocycles. The number of thiazole rings is 1. The number of benzene rings is 2. The number of carbonyl (C=O) groups is 2. The zero-order chi connectivity index (χ0) is 28.0. The number of aliphatic carboxylic acids is 1. The third-order valence-electron chi connectivity index (χ3n) is 6.20. The summed E-state index contributed by atoms with van der Waals surface area (Å²) in [5, 5.41) is 24.4. The van der Waals surface area contributed by atoms with Crippen LogP contribution in [0.25, 0.3) is 10.4 Å². The number of anilines is 2. The van der Waals surface area contributed by atoms with E-state index in [2.05, 4.69) is 40.7 Å². The van der Waals surface area contributed by atoms with Crippen molar-refractivity contribution in [3.05, 3.63) is 58.8 Å². The average Bonchev–Trinajstić information content (AvgIpc) is 3.50. The van der Waals surface area contributed by atoms with Crippen molar-refractivity contribution in [2.75, 3.05) is 10.6 Å². The van der Waals surface area contributed by atoms with Crippen LogP contribution in [0.2, 0.25) is 0 Å². The summed E-state index contributed by atoms with van der Waals surface area (Å²) in [4.78, 5) is 27.0. The van der Waals surface area contributed by atoms with Crippen LogP contribution in [0, 0.1) is 26.7 Å². The lowest BCUT2D eigenvalue weighted by molar-refractivity contribution is -0.192. The molecule has 204 valence electrons. The van der Waals surface area contributed by atoms with Crippen molar-refractivity contribution in [2.45, 2.75) is 59.2 Å². The number of carboxylic acid groups (broad SMARTS) is 1. The summed E-state index contributed by atoms with van der Waals surface area (Å²) in [6.45, 7) is 6.61. The van der Waals surface area contributed by atoms with E-state index in [1.165, 1.54) is 11.3 Å². The SMILES string of the molecule is Cc1ccc(O)c(CNc2cc(-c3sc(NC(=O)C4CCCC4)nc3C)ccc2C)c1.O=C(O)C(F)(F)F. The quantitative estimate of drug-likeness (QED) is 0.269. The second-order valence-electron chi connectivity index (χ2n) is 9.22. The highest BCUT2D eigenvalue weighted by Crippen LogP contribution is 2.36. The Morgan fingerprint density at radius 2 is 1.74 bits per heavy atom. The molecule has 38 heavy (non-hydrogen) atoms. The van der Waals surface area contributed by atoms with E-state index in [9.17, 15) is 23.1 Å². The van der Waals surface area contributed by atoms with Crippen molar-refractivity contribution in [3.8, 4) is 16.2 Å². The normalized spacial score (nSPS) is 13.5. The Morgan fingerprint density at radius 1 is 1.08 bits per heavy atom. The predicted molar refractivity (Wildman–Crippen MR) is 141 cm³/mol. The summed E-state index contributed by atoms with van der Waals surface area (Å²) in [7, 11) is 0. The van der Waals surface area contributed by atoms with Crippen LogP contribution in [0.3, 0.4) is 0 Å². The molecular formula is C27H30F3N3O4S. The summed E-state index contributed by atoms with van der Waals surface area (Å²) >= 11 is 1.52. The van der Waals surface area contributed by atoms with E-state index in [0.29, 0.717) is 17.4 Å². The highest BCUT2D eigenvalue weighted by molar-refractivity contribution is 7.19. The maximum absolute atomic E-state index is 12.5. The van der Waals surface area contributed by atoms with Gasteiger partial charge >= 0.3 is 12.1 Å². The number of nitrogens with zero attached hydrogens (tertiary/aromatic N) is 1. The molecule has 0 spiro atoms. The predicted octanol–water partition coefficient (Wildman–Crippen LogP) is 6.82. The fourth-order valence-electron chi connectivity index (χ4n) is 4.11. The van der Waals surface area contributed by atoms with Crippen molar-refractivity contribution >= 4 is 34.0 Å². The average molecular weight is 550 g/mol. The molecule has 0 unspecified atom stereocenters. The maximum Gasteiger partial charge on any atom is 0.490 e. The molecule has 1 fully saturated rings. The van der Waals surface area contributed by atoms with Crippen molar-refractivity contribution < 1.29 is 33.0 Å². The topological polar surface area (TPSA) is 112 Å². The van der Waals surface area contributed by atoms with Gasteiger partial charge in [0, 0.05) is 23.7 Å². The van der Waals surface area contributed by atoms with E-state index in [1.807, 2.05) is 26.0 Å². The second-order valence-corrected chi connectivity index (χ2v) is 10.2. The molecule has 7 nitrogen and oxygen atoms in total. The Bertz CT molecular complexity index is 1300. The first-order chi connectivity index (χ1) is 17.8. The van der Waals surface area contributed by atoms with Crippen LogP contribution in [-0.2, 0) is 16.1 Å². The van der Waals surface area contributed by atoms with Gasteiger partial charge in [0.2, 0.25) is 5.91 Å². The molecule has 1 amide bonds. The van der Waals surface area contributed by atoms with Gasteiger partial charge in [0.05, 0.1) is 10.6 Å². The van der Waals surface area contributed by atoms with Gasteiger partial charge < -0.3 is 20.8 Å². The number of nitrogens with one attached hydrogen (secondary N) is 2. The van der Waals surface area contributed by atoms with E-state index in [0.717, 1.165) is 64.2 Å². The molecule has 0 bridgehead atoms. The van der Waals surface area contributed by atoms with Crippen LogP contribution in [0.4, 0.5) is 24.0 Å². The molecule has 1 aliphatic rings. The van der Waals surface area contributed by atoms with E-state index in [4.69, 9.17) is 9.90 Å². The van der Waals surface area contributed by atoms with Gasteiger partial charge in [-0.2, -0.15) is 13.2 Å². The minimum atomic E-state index is -5.08. The summed E-state index contributed by atoms with van der Waals surface area (Å²) in [6, 6.07) is 11.9. The standard InChI is InChI=1S/C25H29N3O2S.C2HF3O2/c1-15-8-11-22(29)20(12-15)14-26-21-13-19(10-9-16(21)2)23-17(3)27-25(31-23)28-24(30)18-6-4-5-7-18;3-2(4,5)1(6)7/h8-13,18,26,29H,4-7,14H2,1-3H3,(H,27,28,30);(H,6,7). The van der Waals surface area contributed by atoms with E-state index >= 15 is 0 Å². The van der Waals surface area contributed by atoms with E-state index in [1.54, 1.807) is 6.07 Å². The summed E-state index contributed by atoms with van der Waals surface area (Å²) in [6.07, 6.45) is -0.849. The zero-order valence-electron chi connectivity index (χ0n) is 21.3. The van der Waals surface area contributed by atoms with Gasteiger partial charge in [-0.05, 0) is 56.9 Å². The largest absolute Gasteiger partial charge is 0.508 e. The van der Waals surface area contributed by atoms with Gasteiger partial charge in [0.15, 0.2) is 5.13 Å². The number of phenolic OH excluding ortho intramolecular Hbond substituents is 1. The maximum atomic E-state index is 12.5. The van der Waals surface area contributed by atoms with Crippen molar-refractivity contribution in [2.24, 2.45) is 5.92 Å². The number of rotatable bonds is 6. The fourth-order valence-corrected chi connectivity index (χ4v) is 5.08. The number of carbonyl (C=O) groups excluding carboxylic acids is 1. The summed E-state index contributed by atoms with van der Waals surface area (Å²) < 4.78 is 31.7. The molecule has 1 aliphatic carbocycles. The second kappa shape index (κ2) is 12.3. The molecule has 3 aromatic rings. The first-order valence-electron chi connectivity index (χ1n) is 12.1. The van der Waals surface area contributed by atoms with Gasteiger partial charge in [-0.25, -0.2) is 9.78 Å². The Hall–Kier alpha value is -3.60. The zero-order valence-corrected chi connectivity index (χ0v) is 22.1. The first-order valence-corrected chi connectivity index (χ1v) is 12.9. The Labute approximate surface area is 222 Å². The molecule has 4 N–H and O–H groups in total. The number of aromatic nitrogens is 1. The van der Waals surface area contributed by atoms with Crippen LogP contribution in [0.1, 0.15) is 48.1 Å². The highest BCUT2D eigenvalue weighted by atomic mass is 32.1. The van der Waals surface area contributed by atoms with E-state index < -0.39 is 12.1 Å². The number of aromatic hydroxyl groups is 1. The molecule has 0 radical (unpaired) electrons.